The molecule has 0 saturated heterocycles. The van der Waals surface area contributed by atoms with Crippen LogP contribution in [0.3, 0.4) is 0 Å². The molecular formula is C17H20Cl2NO3P. The molecule has 0 aromatic heterocycles. The monoisotopic (exact) mass is 387 g/mol. The van der Waals surface area contributed by atoms with Crippen LogP contribution in [0.1, 0.15) is 11.1 Å². The van der Waals surface area contributed by atoms with Gasteiger partial charge in [-0.25, -0.2) is 0 Å². The molecule has 0 spiro atoms. The predicted octanol–water partition coefficient (Wildman–Crippen LogP) is 3.69. The Morgan fingerprint density at radius 1 is 1.04 bits per heavy atom. The van der Waals surface area contributed by atoms with Gasteiger partial charge in [-0.15, -0.1) is 0 Å². The molecule has 130 valence electrons. The Balaban J connectivity index is 1.95. The van der Waals surface area contributed by atoms with Gasteiger partial charge in [-0.05, 0) is 29.7 Å². The summed E-state index contributed by atoms with van der Waals surface area (Å²) < 4.78 is 12.4. The molecule has 2 rings (SSSR count). The normalized spacial score (nSPS) is 16.4. The van der Waals surface area contributed by atoms with Crippen LogP contribution in [0.15, 0.2) is 48.5 Å². The first-order valence-corrected chi connectivity index (χ1v) is 10.3. The summed E-state index contributed by atoms with van der Waals surface area (Å²) in [4.78, 5) is 10.1. The number of rotatable bonds is 7. The standard InChI is InChI=1S/C17H20Cl2NO3P/c18-14-7-6-13(8-15(14)19)9-16(20)17(21)11-24(22,23)10-12-4-2-1-3-5-12/h1-8,16-17,21H,9-11,20H2,(H,22,23)/t16?,17-/m1/s1. The highest BCUT2D eigenvalue weighted by Crippen LogP contribution is 2.45. The quantitative estimate of drug-likeness (QED) is 0.632. The summed E-state index contributed by atoms with van der Waals surface area (Å²) in [6.45, 7) is 0. The van der Waals surface area contributed by atoms with Gasteiger partial charge in [0.2, 0.25) is 7.37 Å². The second-order valence-corrected chi connectivity index (χ2v) is 9.04. The smallest absolute Gasteiger partial charge is 0.207 e. The molecule has 0 saturated carbocycles. The Bertz CT molecular complexity index is 727. The van der Waals surface area contributed by atoms with Crippen LogP contribution in [0.25, 0.3) is 0 Å². The maximum atomic E-state index is 12.4. The van der Waals surface area contributed by atoms with Gasteiger partial charge in [-0.1, -0.05) is 59.6 Å². The van der Waals surface area contributed by atoms with Gasteiger partial charge in [-0.3, -0.25) is 4.57 Å². The fraction of sp³-hybridized carbons (Fsp3) is 0.294. The van der Waals surface area contributed by atoms with E-state index >= 15 is 0 Å². The number of aliphatic hydroxyl groups excluding tert-OH is 1. The van der Waals surface area contributed by atoms with Crippen molar-refractivity contribution >= 4 is 30.6 Å². The van der Waals surface area contributed by atoms with E-state index in [1.54, 1.807) is 30.3 Å². The summed E-state index contributed by atoms with van der Waals surface area (Å²) in [7, 11) is -3.52. The molecule has 0 radical (unpaired) electrons. The van der Waals surface area contributed by atoms with E-state index in [1.165, 1.54) is 0 Å². The molecule has 0 bridgehead atoms. The third-order valence-electron chi connectivity index (χ3n) is 3.69. The van der Waals surface area contributed by atoms with Crippen LogP contribution in [0, 0.1) is 0 Å². The molecule has 24 heavy (non-hydrogen) atoms. The second-order valence-electron chi connectivity index (χ2n) is 5.86. The van der Waals surface area contributed by atoms with Crippen molar-refractivity contribution in [1.82, 2.24) is 0 Å². The van der Waals surface area contributed by atoms with E-state index < -0.39 is 19.5 Å². The van der Waals surface area contributed by atoms with Gasteiger partial charge in [0.15, 0.2) is 0 Å². The highest BCUT2D eigenvalue weighted by molar-refractivity contribution is 7.57. The molecule has 3 atom stereocenters. The van der Waals surface area contributed by atoms with Crippen LogP contribution in [0.4, 0.5) is 0 Å². The lowest BCUT2D eigenvalue weighted by Gasteiger charge is -2.22. The number of hydrogen-bond donors (Lipinski definition) is 3. The Hall–Kier alpha value is -0.870. The van der Waals surface area contributed by atoms with Crippen molar-refractivity contribution in [2.24, 2.45) is 5.73 Å². The largest absolute Gasteiger partial charge is 0.391 e. The first-order chi connectivity index (χ1) is 11.3. The second kappa shape index (κ2) is 8.48. The average Bonchev–Trinajstić information content (AvgIpc) is 2.51. The van der Waals surface area contributed by atoms with E-state index in [1.807, 2.05) is 18.2 Å². The third-order valence-corrected chi connectivity index (χ3v) is 6.24. The van der Waals surface area contributed by atoms with Crippen molar-refractivity contribution in [2.45, 2.75) is 24.7 Å². The maximum absolute atomic E-state index is 12.4. The first-order valence-electron chi connectivity index (χ1n) is 7.49. The molecule has 0 fully saturated rings. The van der Waals surface area contributed by atoms with Gasteiger partial charge in [0, 0.05) is 12.2 Å². The van der Waals surface area contributed by atoms with E-state index in [4.69, 9.17) is 28.9 Å². The first kappa shape index (κ1) is 19.5. The minimum absolute atomic E-state index is 0.0182. The fourth-order valence-electron chi connectivity index (χ4n) is 2.44. The zero-order chi connectivity index (χ0) is 17.7. The van der Waals surface area contributed by atoms with Crippen molar-refractivity contribution in [3.05, 3.63) is 69.7 Å². The Morgan fingerprint density at radius 2 is 1.71 bits per heavy atom. The lowest BCUT2D eigenvalue weighted by Crippen LogP contribution is -2.39. The fourth-order valence-corrected chi connectivity index (χ4v) is 4.52. The molecule has 0 amide bonds. The predicted molar refractivity (Wildman–Crippen MR) is 99.0 cm³/mol. The topological polar surface area (TPSA) is 83.5 Å². The van der Waals surface area contributed by atoms with Crippen molar-refractivity contribution in [3.8, 4) is 0 Å². The van der Waals surface area contributed by atoms with Crippen LogP contribution >= 0.6 is 30.6 Å². The number of aliphatic hydroxyl groups is 1. The van der Waals surface area contributed by atoms with Gasteiger partial charge in [0.1, 0.15) is 0 Å². The van der Waals surface area contributed by atoms with Crippen LogP contribution in [-0.2, 0) is 17.1 Å². The van der Waals surface area contributed by atoms with Crippen molar-refractivity contribution in [3.63, 3.8) is 0 Å². The van der Waals surface area contributed by atoms with Crippen LogP contribution in [0.2, 0.25) is 10.0 Å². The minimum Gasteiger partial charge on any atom is -0.391 e. The van der Waals surface area contributed by atoms with E-state index in [9.17, 15) is 14.6 Å². The Kier molecular flexibility index (Phi) is 6.88. The SMILES string of the molecule is NC(Cc1ccc(Cl)c(Cl)c1)[C@H](O)CP(=O)(O)Cc1ccccc1. The van der Waals surface area contributed by atoms with Gasteiger partial charge >= 0.3 is 0 Å². The molecule has 2 aromatic carbocycles. The Labute approximate surface area is 151 Å². The summed E-state index contributed by atoms with van der Waals surface area (Å²) in [5, 5.41) is 11.1. The van der Waals surface area contributed by atoms with Crippen LogP contribution in [-0.4, -0.2) is 28.3 Å². The number of nitrogens with two attached hydrogens (primary N) is 1. The van der Waals surface area contributed by atoms with Crippen LogP contribution in [0.5, 0.6) is 0 Å². The number of halogens is 2. The summed E-state index contributed by atoms with van der Waals surface area (Å²) in [5.74, 6) is 0. The molecule has 0 aliphatic rings. The molecule has 0 heterocycles. The van der Waals surface area contributed by atoms with E-state index in [0.29, 0.717) is 16.5 Å². The molecule has 4 nitrogen and oxygen atoms in total. The lowest BCUT2D eigenvalue weighted by atomic mass is 10.0. The molecule has 2 aromatic rings. The molecule has 4 N–H and O–H groups in total. The summed E-state index contributed by atoms with van der Waals surface area (Å²) in [6, 6.07) is 13.5. The van der Waals surface area contributed by atoms with Crippen molar-refractivity contribution < 1.29 is 14.6 Å². The summed E-state index contributed by atoms with van der Waals surface area (Å²) >= 11 is 11.8. The van der Waals surface area contributed by atoms with E-state index in [-0.39, 0.29) is 12.3 Å². The highest BCUT2D eigenvalue weighted by Gasteiger charge is 2.27. The van der Waals surface area contributed by atoms with E-state index in [2.05, 4.69) is 0 Å². The van der Waals surface area contributed by atoms with Crippen molar-refractivity contribution in [2.75, 3.05) is 6.16 Å². The van der Waals surface area contributed by atoms with Gasteiger partial charge in [0.05, 0.1) is 22.3 Å². The summed E-state index contributed by atoms with van der Waals surface area (Å²) in [6.07, 6.45) is -0.975. The average molecular weight is 388 g/mol. The molecule has 0 aliphatic carbocycles. The zero-order valence-corrected chi connectivity index (χ0v) is 15.4. The van der Waals surface area contributed by atoms with Gasteiger partial charge in [0.25, 0.3) is 0 Å². The number of benzene rings is 2. The number of hydrogen-bond acceptors (Lipinski definition) is 3. The maximum Gasteiger partial charge on any atom is 0.207 e. The lowest BCUT2D eigenvalue weighted by molar-refractivity contribution is 0.163. The van der Waals surface area contributed by atoms with E-state index in [0.717, 1.165) is 11.1 Å². The molecular weight excluding hydrogens is 368 g/mol. The Morgan fingerprint density at radius 3 is 2.33 bits per heavy atom. The third kappa shape index (κ3) is 5.89. The highest BCUT2D eigenvalue weighted by atomic mass is 35.5. The van der Waals surface area contributed by atoms with Crippen molar-refractivity contribution in [1.29, 1.82) is 0 Å². The zero-order valence-electron chi connectivity index (χ0n) is 13.0. The molecule has 7 heteroatoms. The van der Waals surface area contributed by atoms with Gasteiger partial charge in [-0.2, -0.15) is 0 Å². The van der Waals surface area contributed by atoms with Crippen LogP contribution < -0.4 is 5.73 Å². The molecule has 0 aliphatic heterocycles. The minimum atomic E-state index is -3.52. The van der Waals surface area contributed by atoms with Gasteiger partial charge < -0.3 is 15.7 Å². The summed E-state index contributed by atoms with van der Waals surface area (Å²) in [5.41, 5.74) is 7.55. The molecule has 2 unspecified atom stereocenters.